The summed E-state index contributed by atoms with van der Waals surface area (Å²) in [5.74, 6) is 1.75. The maximum absolute atomic E-state index is 5.58. The van der Waals surface area contributed by atoms with Crippen molar-refractivity contribution in [3.8, 4) is 0 Å². The largest absolute Gasteiger partial charge is 0.379 e. The minimum Gasteiger partial charge on any atom is -0.379 e. The fraction of sp³-hybridized carbons (Fsp3) is 0.789. The Labute approximate surface area is 160 Å². The lowest BCUT2D eigenvalue weighted by atomic mass is 9.92. The predicted molar refractivity (Wildman–Crippen MR) is 103 cm³/mol. The highest BCUT2D eigenvalue weighted by molar-refractivity contribution is 6.01. The highest BCUT2D eigenvalue weighted by Crippen LogP contribution is 2.32. The van der Waals surface area contributed by atoms with Gasteiger partial charge in [-0.3, -0.25) is 10.3 Å². The molecule has 0 saturated carbocycles. The molecule has 0 aromatic rings. The molecule has 8 heteroatoms. The fourth-order valence-corrected chi connectivity index (χ4v) is 4.67. The summed E-state index contributed by atoms with van der Waals surface area (Å²) in [6, 6.07) is 0.418. The number of rotatable bonds is 1. The summed E-state index contributed by atoms with van der Waals surface area (Å²) >= 11 is 0. The highest BCUT2D eigenvalue weighted by atomic mass is 16.5. The normalized spacial score (nSPS) is 30.0. The topological polar surface area (TPSA) is 64.9 Å². The molecule has 2 fully saturated rings. The summed E-state index contributed by atoms with van der Waals surface area (Å²) in [6.45, 7) is 7.89. The van der Waals surface area contributed by atoms with Crippen molar-refractivity contribution in [2.45, 2.75) is 38.1 Å². The van der Waals surface area contributed by atoms with Gasteiger partial charge in [0.25, 0.3) is 0 Å². The quantitative estimate of drug-likeness (QED) is 0.732. The Balaban J connectivity index is 1.41. The van der Waals surface area contributed by atoms with Crippen molar-refractivity contribution in [1.29, 1.82) is 0 Å². The molecule has 2 saturated heterocycles. The molecule has 148 valence electrons. The minimum atomic E-state index is 0.418. The van der Waals surface area contributed by atoms with Crippen LogP contribution in [0, 0.1) is 0 Å². The number of hydrogen-bond donors (Lipinski definition) is 1. The molecule has 0 aromatic carbocycles. The number of nitrogens with one attached hydrogen (secondary N) is 1. The fourth-order valence-electron chi connectivity index (χ4n) is 4.67. The molecule has 8 nitrogen and oxygen atoms in total. The second-order valence-corrected chi connectivity index (χ2v) is 7.90. The number of hydrazine groups is 1. The molecule has 4 heterocycles. The number of ether oxygens (including phenoxy) is 2. The molecule has 0 aromatic heterocycles. The summed E-state index contributed by atoms with van der Waals surface area (Å²) in [6.07, 6.45) is 6.22. The summed E-state index contributed by atoms with van der Waals surface area (Å²) in [5.41, 5.74) is 6.26. The van der Waals surface area contributed by atoms with E-state index in [0.29, 0.717) is 6.04 Å². The van der Waals surface area contributed by atoms with Crippen molar-refractivity contribution in [3.63, 3.8) is 0 Å². The maximum Gasteiger partial charge on any atom is 0.248 e. The van der Waals surface area contributed by atoms with Crippen molar-refractivity contribution in [2.24, 2.45) is 9.98 Å². The van der Waals surface area contributed by atoms with Crippen LogP contribution in [0.1, 0.15) is 32.1 Å². The van der Waals surface area contributed by atoms with Crippen LogP contribution in [0.5, 0.6) is 0 Å². The molecule has 0 amide bonds. The van der Waals surface area contributed by atoms with Crippen LogP contribution in [0.4, 0.5) is 0 Å². The lowest BCUT2D eigenvalue weighted by molar-refractivity contribution is 0.0206. The van der Waals surface area contributed by atoms with Crippen LogP contribution in [-0.4, -0.2) is 91.9 Å². The van der Waals surface area contributed by atoms with Gasteiger partial charge in [-0.1, -0.05) is 12.8 Å². The van der Waals surface area contributed by atoms with Gasteiger partial charge in [-0.2, -0.15) is 4.99 Å². The smallest absolute Gasteiger partial charge is 0.248 e. The van der Waals surface area contributed by atoms with Crippen LogP contribution in [0.25, 0.3) is 0 Å². The maximum atomic E-state index is 5.58. The van der Waals surface area contributed by atoms with E-state index in [4.69, 9.17) is 19.5 Å². The number of nitrogens with zero attached hydrogens (tertiary/aromatic N) is 5. The number of hydrogen-bond acceptors (Lipinski definition) is 8. The standard InChI is InChI=1S/C19H30N6O2/c1-2-4-15-14-25-18(21-19(22-25)24-8-12-27-13-9-24)20-17(15)16(5-3-1)23-6-10-26-11-7-23/h16H,1-14H2,(H,20,21,22). The first-order valence-corrected chi connectivity index (χ1v) is 10.5. The van der Waals surface area contributed by atoms with Gasteiger partial charge in [-0.15, -0.1) is 0 Å². The summed E-state index contributed by atoms with van der Waals surface area (Å²) in [7, 11) is 0. The van der Waals surface area contributed by atoms with Gasteiger partial charge in [0, 0.05) is 26.2 Å². The third kappa shape index (κ3) is 3.58. The van der Waals surface area contributed by atoms with E-state index >= 15 is 0 Å². The first kappa shape index (κ1) is 17.5. The molecule has 27 heavy (non-hydrogen) atoms. The molecule has 1 atom stereocenters. The van der Waals surface area contributed by atoms with Gasteiger partial charge in [-0.05, 0) is 24.8 Å². The third-order valence-electron chi connectivity index (χ3n) is 6.18. The number of fused-ring (bicyclic) bond motifs is 1. The van der Waals surface area contributed by atoms with Gasteiger partial charge < -0.3 is 14.4 Å². The Kier molecular flexibility index (Phi) is 5.02. The van der Waals surface area contributed by atoms with E-state index in [1.165, 1.54) is 37.0 Å². The number of guanidine groups is 2. The molecule has 0 bridgehead atoms. The van der Waals surface area contributed by atoms with Crippen molar-refractivity contribution >= 4 is 11.9 Å². The van der Waals surface area contributed by atoms with Gasteiger partial charge in [0.05, 0.1) is 44.7 Å². The molecule has 5 rings (SSSR count). The molecule has 5 aliphatic rings. The van der Waals surface area contributed by atoms with Crippen LogP contribution in [0.15, 0.2) is 21.3 Å². The SMILES string of the molecule is C1CCC2=C(N=C3N=C(N4CCOCC4)NN3C2)C(N2CCOCC2)CC1. The summed E-state index contributed by atoms with van der Waals surface area (Å²) < 4.78 is 11.1. The minimum absolute atomic E-state index is 0.418. The monoisotopic (exact) mass is 374 g/mol. The Morgan fingerprint density at radius 1 is 0.889 bits per heavy atom. The predicted octanol–water partition coefficient (Wildman–Crippen LogP) is 0.783. The van der Waals surface area contributed by atoms with E-state index in [9.17, 15) is 0 Å². The van der Waals surface area contributed by atoms with E-state index in [1.807, 2.05) is 0 Å². The second-order valence-electron chi connectivity index (χ2n) is 7.90. The van der Waals surface area contributed by atoms with E-state index in [-0.39, 0.29) is 0 Å². The van der Waals surface area contributed by atoms with Gasteiger partial charge in [0.1, 0.15) is 0 Å². The van der Waals surface area contributed by atoms with Crippen molar-refractivity contribution in [3.05, 3.63) is 11.3 Å². The van der Waals surface area contributed by atoms with E-state index in [0.717, 1.165) is 77.5 Å². The number of morpholine rings is 2. The zero-order valence-electron chi connectivity index (χ0n) is 16.0. The van der Waals surface area contributed by atoms with Crippen LogP contribution in [0.2, 0.25) is 0 Å². The van der Waals surface area contributed by atoms with E-state index in [2.05, 4.69) is 20.2 Å². The van der Waals surface area contributed by atoms with Gasteiger partial charge in [0.15, 0.2) is 0 Å². The Morgan fingerprint density at radius 2 is 1.67 bits per heavy atom. The van der Waals surface area contributed by atoms with Crippen LogP contribution < -0.4 is 5.43 Å². The third-order valence-corrected chi connectivity index (χ3v) is 6.18. The van der Waals surface area contributed by atoms with Crippen molar-refractivity contribution in [2.75, 3.05) is 59.2 Å². The highest BCUT2D eigenvalue weighted by Gasteiger charge is 2.35. The van der Waals surface area contributed by atoms with Gasteiger partial charge in [0.2, 0.25) is 11.9 Å². The lowest BCUT2D eigenvalue weighted by Crippen LogP contribution is -2.51. The van der Waals surface area contributed by atoms with Crippen LogP contribution in [-0.2, 0) is 9.47 Å². The van der Waals surface area contributed by atoms with E-state index in [1.54, 1.807) is 0 Å². The molecule has 0 spiro atoms. The number of aliphatic imine (C=N–C) groups is 2. The van der Waals surface area contributed by atoms with Gasteiger partial charge in [-0.25, -0.2) is 10.0 Å². The Hall–Kier alpha value is -1.64. The first-order chi connectivity index (χ1) is 13.4. The molecule has 0 radical (unpaired) electrons. The zero-order valence-corrected chi connectivity index (χ0v) is 16.0. The average molecular weight is 374 g/mol. The van der Waals surface area contributed by atoms with Crippen molar-refractivity contribution in [1.82, 2.24) is 20.2 Å². The molecular formula is C19H30N6O2. The molecule has 1 unspecified atom stereocenters. The Bertz CT molecular complexity index is 649. The summed E-state index contributed by atoms with van der Waals surface area (Å²) in [4.78, 5) is 14.8. The Morgan fingerprint density at radius 3 is 2.48 bits per heavy atom. The zero-order chi connectivity index (χ0) is 18.1. The molecule has 4 aliphatic heterocycles. The second kappa shape index (κ2) is 7.77. The van der Waals surface area contributed by atoms with Crippen LogP contribution in [0.3, 0.4) is 0 Å². The van der Waals surface area contributed by atoms with E-state index < -0.39 is 0 Å². The first-order valence-electron chi connectivity index (χ1n) is 10.5. The molecule has 1 aliphatic carbocycles. The summed E-state index contributed by atoms with van der Waals surface area (Å²) in [5, 5.41) is 2.13. The van der Waals surface area contributed by atoms with Gasteiger partial charge >= 0.3 is 0 Å². The average Bonchev–Trinajstić information content (AvgIpc) is 3.12. The molecular weight excluding hydrogens is 344 g/mol. The lowest BCUT2D eigenvalue weighted by Gasteiger charge is -2.38. The molecule has 1 N–H and O–H groups in total. The van der Waals surface area contributed by atoms with Crippen molar-refractivity contribution < 1.29 is 9.47 Å². The van der Waals surface area contributed by atoms with Crippen LogP contribution >= 0.6 is 0 Å².